The highest BCUT2D eigenvalue weighted by molar-refractivity contribution is 5.79. The zero-order chi connectivity index (χ0) is 15.7. The Hall–Kier alpha value is -0.810. The summed E-state index contributed by atoms with van der Waals surface area (Å²) in [6, 6.07) is 0. The molecule has 0 aromatic heterocycles. The molecule has 0 bridgehead atoms. The minimum absolute atomic E-state index is 0.600. The van der Waals surface area contributed by atoms with Crippen molar-refractivity contribution in [3.8, 4) is 0 Å². The van der Waals surface area contributed by atoms with Crippen LogP contribution in [0.15, 0.2) is 4.99 Å². The second-order valence-corrected chi connectivity index (χ2v) is 6.70. The van der Waals surface area contributed by atoms with E-state index in [9.17, 15) is 0 Å². The smallest absolute Gasteiger partial charge is 0.191 e. The molecule has 1 rings (SSSR count). The summed E-state index contributed by atoms with van der Waals surface area (Å²) < 4.78 is 0. The van der Waals surface area contributed by atoms with E-state index in [1.165, 1.54) is 32.7 Å². The number of hydrogen-bond donors (Lipinski definition) is 2. The van der Waals surface area contributed by atoms with Crippen molar-refractivity contribution < 1.29 is 0 Å². The average molecular weight is 297 g/mol. The van der Waals surface area contributed by atoms with Crippen LogP contribution in [0.5, 0.6) is 0 Å². The summed E-state index contributed by atoms with van der Waals surface area (Å²) in [7, 11) is 2.20. The van der Waals surface area contributed by atoms with Gasteiger partial charge in [0.05, 0.1) is 0 Å². The predicted octanol–water partition coefficient (Wildman–Crippen LogP) is 1.08. The predicted molar refractivity (Wildman–Crippen MR) is 91.9 cm³/mol. The van der Waals surface area contributed by atoms with Gasteiger partial charge < -0.3 is 20.4 Å². The largest absolute Gasteiger partial charge is 0.357 e. The molecule has 0 aliphatic carbocycles. The minimum atomic E-state index is 0.600. The first-order chi connectivity index (χ1) is 10.0. The van der Waals surface area contributed by atoms with Gasteiger partial charge >= 0.3 is 0 Å². The second-order valence-electron chi connectivity index (χ2n) is 6.70. The molecule has 1 heterocycles. The summed E-state index contributed by atoms with van der Waals surface area (Å²) in [5.74, 6) is 2.19. The van der Waals surface area contributed by atoms with Crippen LogP contribution in [-0.4, -0.2) is 75.2 Å². The van der Waals surface area contributed by atoms with Crippen molar-refractivity contribution in [2.45, 2.75) is 27.7 Å². The first-order valence-corrected chi connectivity index (χ1v) is 8.44. The van der Waals surface area contributed by atoms with E-state index in [-0.39, 0.29) is 0 Å². The summed E-state index contributed by atoms with van der Waals surface area (Å²) in [5.41, 5.74) is 0. The van der Waals surface area contributed by atoms with Crippen molar-refractivity contribution in [2.75, 3.05) is 59.4 Å². The fourth-order valence-corrected chi connectivity index (χ4v) is 2.42. The van der Waals surface area contributed by atoms with Crippen LogP contribution in [0.1, 0.15) is 27.7 Å². The molecule has 1 aliphatic heterocycles. The number of aliphatic imine (C=N–C) groups is 1. The van der Waals surface area contributed by atoms with Gasteiger partial charge in [-0.25, -0.2) is 0 Å². The third kappa shape index (κ3) is 8.27. The Bertz CT molecular complexity index is 295. The van der Waals surface area contributed by atoms with E-state index in [1.54, 1.807) is 0 Å². The molecular weight excluding hydrogens is 262 g/mol. The summed E-state index contributed by atoms with van der Waals surface area (Å²) in [4.78, 5) is 9.59. The Kier molecular flexibility index (Phi) is 8.69. The van der Waals surface area contributed by atoms with Crippen LogP contribution in [0.4, 0.5) is 0 Å². The molecule has 1 atom stereocenters. The third-order valence-electron chi connectivity index (χ3n) is 3.74. The lowest BCUT2D eigenvalue weighted by Gasteiger charge is -2.34. The molecule has 0 aromatic carbocycles. The lowest BCUT2D eigenvalue weighted by Crippen LogP contribution is -2.47. The fraction of sp³-hybridized carbons (Fsp3) is 0.938. The Balaban J connectivity index is 2.28. The maximum Gasteiger partial charge on any atom is 0.191 e. The zero-order valence-electron chi connectivity index (χ0n) is 14.7. The molecule has 5 heteroatoms. The molecule has 21 heavy (non-hydrogen) atoms. The van der Waals surface area contributed by atoms with E-state index in [0.29, 0.717) is 11.8 Å². The number of piperazine rings is 1. The van der Waals surface area contributed by atoms with Gasteiger partial charge in [0, 0.05) is 52.4 Å². The van der Waals surface area contributed by atoms with Gasteiger partial charge in [-0.05, 0) is 25.8 Å². The van der Waals surface area contributed by atoms with Crippen molar-refractivity contribution >= 4 is 5.96 Å². The van der Waals surface area contributed by atoms with E-state index < -0.39 is 0 Å². The standard InChI is InChI=1S/C16H35N5/c1-6-17-16(18-11-14(2)3)19-12-15(4)13-21-9-7-20(5)8-10-21/h14-15H,6-13H2,1-5H3,(H2,17,18,19). The number of guanidine groups is 1. The number of likely N-dealkylation sites (N-methyl/N-ethyl adjacent to an activating group) is 1. The van der Waals surface area contributed by atoms with E-state index in [1.807, 2.05) is 0 Å². The summed E-state index contributed by atoms with van der Waals surface area (Å²) in [6.45, 7) is 17.5. The third-order valence-corrected chi connectivity index (χ3v) is 3.74. The lowest BCUT2D eigenvalue weighted by molar-refractivity contribution is 0.139. The molecule has 1 unspecified atom stereocenters. The van der Waals surface area contributed by atoms with Crippen LogP contribution in [0.25, 0.3) is 0 Å². The van der Waals surface area contributed by atoms with Crippen molar-refractivity contribution in [3.63, 3.8) is 0 Å². The van der Waals surface area contributed by atoms with E-state index in [4.69, 9.17) is 0 Å². The monoisotopic (exact) mass is 297 g/mol. The van der Waals surface area contributed by atoms with Gasteiger partial charge in [-0.15, -0.1) is 0 Å². The summed E-state index contributed by atoms with van der Waals surface area (Å²) >= 11 is 0. The molecule has 1 fully saturated rings. The van der Waals surface area contributed by atoms with Gasteiger partial charge in [0.15, 0.2) is 5.96 Å². The molecule has 2 N–H and O–H groups in total. The molecule has 124 valence electrons. The van der Waals surface area contributed by atoms with Gasteiger partial charge in [-0.3, -0.25) is 4.99 Å². The van der Waals surface area contributed by atoms with Crippen LogP contribution in [0, 0.1) is 11.8 Å². The first kappa shape index (κ1) is 18.2. The van der Waals surface area contributed by atoms with Gasteiger partial charge in [0.1, 0.15) is 0 Å². The van der Waals surface area contributed by atoms with Crippen LogP contribution >= 0.6 is 0 Å². The van der Waals surface area contributed by atoms with E-state index in [0.717, 1.165) is 25.6 Å². The van der Waals surface area contributed by atoms with Crippen molar-refractivity contribution in [1.29, 1.82) is 0 Å². The topological polar surface area (TPSA) is 42.9 Å². The summed E-state index contributed by atoms with van der Waals surface area (Å²) in [6.07, 6.45) is 0. The maximum atomic E-state index is 4.62. The van der Waals surface area contributed by atoms with Crippen LogP contribution in [-0.2, 0) is 0 Å². The van der Waals surface area contributed by atoms with Crippen molar-refractivity contribution in [3.05, 3.63) is 0 Å². The number of nitrogens with zero attached hydrogens (tertiary/aromatic N) is 3. The molecule has 0 saturated carbocycles. The normalized spacial score (nSPS) is 19.8. The number of hydrogen-bond acceptors (Lipinski definition) is 3. The maximum absolute atomic E-state index is 4.62. The highest BCUT2D eigenvalue weighted by Crippen LogP contribution is 2.03. The highest BCUT2D eigenvalue weighted by atomic mass is 15.2. The molecule has 5 nitrogen and oxygen atoms in total. The Labute approximate surface area is 131 Å². The van der Waals surface area contributed by atoms with Gasteiger partial charge in [0.25, 0.3) is 0 Å². The molecular formula is C16H35N5. The molecule has 0 spiro atoms. The minimum Gasteiger partial charge on any atom is -0.357 e. The highest BCUT2D eigenvalue weighted by Gasteiger charge is 2.16. The van der Waals surface area contributed by atoms with Crippen LogP contribution in [0.3, 0.4) is 0 Å². The number of rotatable bonds is 7. The Morgan fingerprint density at radius 2 is 1.76 bits per heavy atom. The van der Waals surface area contributed by atoms with Crippen molar-refractivity contribution in [1.82, 2.24) is 20.4 Å². The molecule has 1 saturated heterocycles. The van der Waals surface area contributed by atoms with Gasteiger partial charge in [-0.1, -0.05) is 20.8 Å². The second kappa shape index (κ2) is 10.0. The SMILES string of the molecule is CCNC(=NCC(C)C)NCC(C)CN1CCN(C)CC1. The quantitative estimate of drug-likeness (QED) is 0.545. The summed E-state index contributed by atoms with van der Waals surface area (Å²) in [5, 5.41) is 6.80. The zero-order valence-corrected chi connectivity index (χ0v) is 14.7. The Morgan fingerprint density at radius 3 is 2.33 bits per heavy atom. The average Bonchev–Trinajstić information content (AvgIpc) is 2.44. The molecule has 0 aromatic rings. The van der Waals surface area contributed by atoms with E-state index >= 15 is 0 Å². The first-order valence-electron chi connectivity index (χ1n) is 8.44. The fourth-order valence-electron chi connectivity index (χ4n) is 2.42. The van der Waals surface area contributed by atoms with Gasteiger partial charge in [0.2, 0.25) is 0 Å². The molecule has 0 radical (unpaired) electrons. The lowest BCUT2D eigenvalue weighted by atomic mass is 10.1. The molecule has 1 aliphatic rings. The Morgan fingerprint density at radius 1 is 1.10 bits per heavy atom. The number of nitrogens with one attached hydrogen (secondary N) is 2. The molecule has 0 amide bonds. The van der Waals surface area contributed by atoms with E-state index in [2.05, 4.69) is 60.2 Å². The van der Waals surface area contributed by atoms with Crippen LogP contribution < -0.4 is 10.6 Å². The van der Waals surface area contributed by atoms with Crippen LogP contribution in [0.2, 0.25) is 0 Å². The van der Waals surface area contributed by atoms with Gasteiger partial charge in [-0.2, -0.15) is 0 Å². The van der Waals surface area contributed by atoms with Crippen molar-refractivity contribution in [2.24, 2.45) is 16.8 Å².